The number of hydrogen-bond donors (Lipinski definition) is 4. The van der Waals surface area contributed by atoms with Gasteiger partial charge in [0.1, 0.15) is 49.8 Å². The number of para-hydroxylation sites is 1. The summed E-state index contributed by atoms with van der Waals surface area (Å²) < 4.78 is 84.9. The summed E-state index contributed by atoms with van der Waals surface area (Å²) in [5.41, 5.74) is 4.57. The summed E-state index contributed by atoms with van der Waals surface area (Å²) in [6, 6.07) is 32.6. The topological polar surface area (TPSA) is 268 Å². The fourth-order valence-electron chi connectivity index (χ4n) is 6.41. The molecule has 0 fully saturated rings. The molecular weight excluding hydrogens is 891 g/mol. The van der Waals surface area contributed by atoms with Crippen LogP contribution in [0, 0.1) is 13.8 Å². The molecule has 0 bridgehead atoms. The Hall–Kier alpha value is -7.98. The van der Waals surface area contributed by atoms with E-state index in [-0.39, 0.29) is 39.7 Å². The van der Waals surface area contributed by atoms with Crippen LogP contribution >= 0.6 is 0 Å². The molecule has 0 saturated carbocycles. The highest BCUT2D eigenvalue weighted by Crippen LogP contribution is 2.45. The largest absolute Gasteiger partial charge is 0.505 e. The number of azo groups is 4. The molecule has 0 aliphatic heterocycles. The maximum atomic E-state index is 12.6. The molecular formula is C45H39N9O10S2. The second kappa shape index (κ2) is 19.4. The van der Waals surface area contributed by atoms with E-state index in [1.807, 2.05) is 37.3 Å². The number of hydrogen-bond acceptors (Lipinski definition) is 17. The van der Waals surface area contributed by atoms with Crippen LogP contribution in [-0.2, 0) is 20.2 Å². The Morgan fingerprint density at radius 1 is 0.485 bits per heavy atom. The number of phenolic OH excluding ortho intramolecular Hbond substituents is 1. The van der Waals surface area contributed by atoms with Gasteiger partial charge in [0.25, 0.3) is 20.2 Å². The molecule has 7 aromatic rings. The van der Waals surface area contributed by atoms with Crippen LogP contribution in [0.1, 0.15) is 11.1 Å². The van der Waals surface area contributed by atoms with Gasteiger partial charge in [-0.2, -0.15) is 37.3 Å². The fraction of sp³-hybridized carbons (Fsp3) is 0.111. The van der Waals surface area contributed by atoms with Crippen LogP contribution in [0.2, 0.25) is 0 Å². The van der Waals surface area contributed by atoms with Crippen molar-refractivity contribution in [1.82, 2.24) is 0 Å². The molecule has 0 amide bonds. The van der Waals surface area contributed by atoms with Crippen LogP contribution in [-0.4, -0.2) is 52.4 Å². The highest BCUT2D eigenvalue weighted by Gasteiger charge is 2.23. The second-order valence-corrected chi connectivity index (χ2v) is 17.0. The molecule has 0 aromatic heterocycles. The number of phenols is 1. The molecule has 0 saturated heterocycles. The van der Waals surface area contributed by atoms with Crippen LogP contribution in [0.15, 0.2) is 172 Å². The first-order valence-corrected chi connectivity index (χ1v) is 22.3. The van der Waals surface area contributed by atoms with Gasteiger partial charge in [0.05, 0.1) is 44.1 Å². The summed E-state index contributed by atoms with van der Waals surface area (Å²) >= 11 is 0. The van der Waals surface area contributed by atoms with E-state index in [1.165, 1.54) is 51.7 Å². The second-order valence-electron chi connectivity index (χ2n) is 14.2. The number of benzene rings is 7. The summed E-state index contributed by atoms with van der Waals surface area (Å²) in [5.74, 6) is 0.0659. The average molecular weight is 930 g/mol. The van der Waals surface area contributed by atoms with Crippen molar-refractivity contribution in [3.05, 3.63) is 132 Å². The Bertz CT molecular complexity index is 3350. The van der Waals surface area contributed by atoms with Crippen molar-refractivity contribution in [3.8, 4) is 23.0 Å². The fourth-order valence-corrected chi connectivity index (χ4v) is 7.70. The molecule has 0 heterocycles. The number of anilines is 2. The first kappa shape index (κ1) is 46.0. The lowest BCUT2D eigenvalue weighted by Gasteiger charge is -2.12. The third-order valence-electron chi connectivity index (χ3n) is 9.75. The SMILES string of the molecule is COc1ccc(N=Nc2ccc(N=Nc3ccc(N=Nc4cc(OC)c(N=Nc5c(S(=O)(=O)O)cc6cc(Nc7ccccc7)ccc6c5O)cc4OC)cc3C)cc2C)c(S(=O)(=O)O)c1. The lowest BCUT2D eigenvalue weighted by Crippen LogP contribution is -1.99. The first-order valence-electron chi connectivity index (χ1n) is 19.4. The number of fused-ring (bicyclic) bond motifs is 1. The Labute approximate surface area is 378 Å². The highest BCUT2D eigenvalue weighted by atomic mass is 32.2. The quantitative estimate of drug-likeness (QED) is 0.0554. The molecule has 0 aliphatic rings. The first-order chi connectivity index (χ1) is 31.5. The van der Waals surface area contributed by atoms with Crippen LogP contribution in [0.4, 0.5) is 56.9 Å². The van der Waals surface area contributed by atoms with E-state index in [2.05, 4.69) is 46.2 Å². The van der Waals surface area contributed by atoms with Crippen molar-refractivity contribution in [2.24, 2.45) is 40.9 Å². The van der Waals surface area contributed by atoms with E-state index in [0.717, 1.165) is 17.3 Å². The van der Waals surface area contributed by atoms with E-state index < -0.39 is 41.5 Å². The van der Waals surface area contributed by atoms with Gasteiger partial charge in [-0.05, 0) is 115 Å². The number of rotatable bonds is 15. The van der Waals surface area contributed by atoms with Gasteiger partial charge >= 0.3 is 0 Å². The molecule has 7 aromatic carbocycles. The Morgan fingerprint density at radius 3 is 1.56 bits per heavy atom. The minimum atomic E-state index is -4.89. The summed E-state index contributed by atoms with van der Waals surface area (Å²) in [6.07, 6.45) is 0. The van der Waals surface area contributed by atoms with Gasteiger partial charge in [-0.25, -0.2) is 0 Å². The molecule has 0 aliphatic carbocycles. The number of ether oxygens (including phenoxy) is 3. The molecule has 7 rings (SSSR count). The van der Waals surface area contributed by atoms with Gasteiger partial charge in [0, 0.05) is 35.0 Å². The van der Waals surface area contributed by atoms with Gasteiger partial charge in [-0.15, -0.1) is 20.5 Å². The van der Waals surface area contributed by atoms with E-state index in [0.29, 0.717) is 39.4 Å². The predicted molar refractivity (Wildman–Crippen MR) is 247 cm³/mol. The molecule has 0 unspecified atom stereocenters. The lowest BCUT2D eigenvalue weighted by molar-refractivity contribution is 0.405. The van der Waals surface area contributed by atoms with Crippen LogP contribution < -0.4 is 19.5 Å². The van der Waals surface area contributed by atoms with E-state index in [1.54, 1.807) is 61.5 Å². The monoisotopic (exact) mass is 929 g/mol. The molecule has 21 heteroatoms. The zero-order chi connectivity index (χ0) is 47.2. The van der Waals surface area contributed by atoms with Crippen molar-refractivity contribution >= 4 is 87.9 Å². The van der Waals surface area contributed by atoms with Gasteiger partial charge in [-0.1, -0.05) is 18.2 Å². The van der Waals surface area contributed by atoms with Crippen molar-refractivity contribution in [3.63, 3.8) is 0 Å². The van der Waals surface area contributed by atoms with E-state index in [4.69, 9.17) is 14.2 Å². The zero-order valence-corrected chi connectivity index (χ0v) is 37.3. The number of nitrogens with one attached hydrogen (secondary N) is 1. The Morgan fingerprint density at radius 2 is 1.02 bits per heavy atom. The molecule has 336 valence electrons. The van der Waals surface area contributed by atoms with Gasteiger partial charge in [0.2, 0.25) is 0 Å². The van der Waals surface area contributed by atoms with Crippen molar-refractivity contribution in [1.29, 1.82) is 0 Å². The highest BCUT2D eigenvalue weighted by molar-refractivity contribution is 7.86. The summed E-state index contributed by atoms with van der Waals surface area (Å²) in [7, 11) is -5.33. The number of aryl methyl sites for hydroxylation is 2. The van der Waals surface area contributed by atoms with Gasteiger partial charge < -0.3 is 24.6 Å². The van der Waals surface area contributed by atoms with Crippen LogP contribution in [0.25, 0.3) is 10.8 Å². The smallest absolute Gasteiger partial charge is 0.296 e. The number of aromatic hydroxyl groups is 1. The number of nitrogens with zero attached hydrogens (tertiary/aromatic N) is 8. The Kier molecular flexibility index (Phi) is 13.5. The van der Waals surface area contributed by atoms with Gasteiger partial charge in [0.15, 0.2) is 5.75 Å². The summed E-state index contributed by atoms with van der Waals surface area (Å²) in [6.45, 7) is 3.60. The molecule has 4 N–H and O–H groups in total. The molecule has 0 spiro atoms. The third kappa shape index (κ3) is 10.7. The van der Waals surface area contributed by atoms with Crippen LogP contribution in [0.5, 0.6) is 23.0 Å². The third-order valence-corrected chi connectivity index (χ3v) is 11.5. The minimum absolute atomic E-state index is 0.0660. The molecule has 0 atom stereocenters. The molecule has 0 radical (unpaired) electrons. The minimum Gasteiger partial charge on any atom is -0.505 e. The lowest BCUT2D eigenvalue weighted by atomic mass is 10.1. The summed E-state index contributed by atoms with van der Waals surface area (Å²) in [4.78, 5) is -1.11. The Balaban J connectivity index is 1.08. The van der Waals surface area contributed by atoms with E-state index in [9.17, 15) is 31.0 Å². The maximum absolute atomic E-state index is 12.6. The van der Waals surface area contributed by atoms with Crippen LogP contribution in [0.3, 0.4) is 0 Å². The normalized spacial score (nSPS) is 12.2. The zero-order valence-electron chi connectivity index (χ0n) is 35.6. The van der Waals surface area contributed by atoms with Gasteiger partial charge in [-0.3, -0.25) is 9.11 Å². The number of methoxy groups -OCH3 is 3. The average Bonchev–Trinajstić information content (AvgIpc) is 3.29. The molecule has 19 nitrogen and oxygen atoms in total. The van der Waals surface area contributed by atoms with Crippen molar-refractivity contribution < 1.29 is 45.3 Å². The van der Waals surface area contributed by atoms with E-state index >= 15 is 0 Å². The predicted octanol–water partition coefficient (Wildman–Crippen LogP) is 13.1. The summed E-state index contributed by atoms with van der Waals surface area (Å²) in [5, 5.41) is 48.9. The molecule has 66 heavy (non-hydrogen) atoms. The standard InChI is InChI=1S/C45H39N9O10S2/c1-26-19-32(12-16-35(26)49-47-31-13-17-36(27(2)20-31)50-51-37-18-14-33(62-3)23-42(37)65(56,57)58)48-52-38-24-41(64-5)39(25-40(38)63-4)53-54-44-43(66(59,60)61)22-28-21-30(11-15-34(28)45(44)55)46-29-9-7-6-8-10-29/h6-25,46,55H,1-5H3,(H,56,57,58)(H,59,60,61). The van der Waals surface area contributed by atoms with Crippen molar-refractivity contribution in [2.75, 3.05) is 26.6 Å². The maximum Gasteiger partial charge on any atom is 0.296 e. The van der Waals surface area contributed by atoms with Crippen molar-refractivity contribution in [2.45, 2.75) is 23.6 Å².